The van der Waals surface area contributed by atoms with Crippen LogP contribution in [0.4, 0.5) is 4.39 Å². The first-order valence-corrected chi connectivity index (χ1v) is 5.97. The van der Waals surface area contributed by atoms with Gasteiger partial charge in [0.15, 0.2) is 0 Å². The fourth-order valence-corrected chi connectivity index (χ4v) is 2.09. The summed E-state index contributed by atoms with van der Waals surface area (Å²) in [5.74, 6) is -0.183. The van der Waals surface area contributed by atoms with Crippen molar-refractivity contribution in [3.63, 3.8) is 0 Å². The minimum absolute atomic E-state index is 0.183. The van der Waals surface area contributed by atoms with Crippen LogP contribution in [0.2, 0.25) is 0 Å². The lowest BCUT2D eigenvalue weighted by Crippen LogP contribution is -2.38. The lowest BCUT2D eigenvalue weighted by atomic mass is 9.89. The van der Waals surface area contributed by atoms with Crippen LogP contribution in [0.15, 0.2) is 22.7 Å². The van der Waals surface area contributed by atoms with E-state index in [9.17, 15) is 4.39 Å². The molecule has 1 unspecified atom stereocenters. The van der Waals surface area contributed by atoms with Crippen molar-refractivity contribution < 1.29 is 4.39 Å². The highest BCUT2D eigenvalue weighted by Crippen LogP contribution is 2.21. The molecule has 1 nitrogen and oxygen atoms in total. The average Bonchev–Trinajstić information content (AvgIpc) is 2.09. The van der Waals surface area contributed by atoms with Gasteiger partial charge in [-0.05, 0) is 37.5 Å². The zero-order valence-electron chi connectivity index (χ0n) is 9.19. The Labute approximate surface area is 99.0 Å². The highest BCUT2D eigenvalue weighted by molar-refractivity contribution is 9.10. The topological polar surface area (TPSA) is 26.0 Å². The molecule has 3 heteroatoms. The van der Waals surface area contributed by atoms with Crippen LogP contribution in [-0.4, -0.2) is 5.54 Å². The van der Waals surface area contributed by atoms with Gasteiger partial charge < -0.3 is 5.73 Å². The Morgan fingerprint density at radius 3 is 2.67 bits per heavy atom. The molecule has 2 N–H and O–H groups in total. The second kappa shape index (κ2) is 5.08. The Bertz CT molecular complexity index is 336. The maximum absolute atomic E-state index is 13.5. The van der Waals surface area contributed by atoms with Crippen LogP contribution in [0, 0.1) is 5.82 Å². The quantitative estimate of drug-likeness (QED) is 0.891. The largest absolute Gasteiger partial charge is 0.325 e. The lowest BCUT2D eigenvalue weighted by Gasteiger charge is -2.24. The van der Waals surface area contributed by atoms with E-state index in [2.05, 4.69) is 22.9 Å². The van der Waals surface area contributed by atoms with Gasteiger partial charge in [0.05, 0.1) is 0 Å². The molecule has 0 aromatic heterocycles. The van der Waals surface area contributed by atoms with Gasteiger partial charge in [0.25, 0.3) is 0 Å². The van der Waals surface area contributed by atoms with E-state index >= 15 is 0 Å². The van der Waals surface area contributed by atoms with E-state index in [0.29, 0.717) is 12.0 Å². The first-order chi connectivity index (χ1) is 6.94. The highest BCUT2D eigenvalue weighted by atomic mass is 79.9. The van der Waals surface area contributed by atoms with Crippen LogP contribution in [0.25, 0.3) is 0 Å². The summed E-state index contributed by atoms with van der Waals surface area (Å²) in [5.41, 5.74) is 6.46. The minimum Gasteiger partial charge on any atom is -0.325 e. The van der Waals surface area contributed by atoms with Gasteiger partial charge >= 0.3 is 0 Å². The molecule has 0 saturated heterocycles. The van der Waals surface area contributed by atoms with Crippen LogP contribution in [0.5, 0.6) is 0 Å². The van der Waals surface area contributed by atoms with Crippen LogP contribution in [0.3, 0.4) is 0 Å². The standard InChI is InChI=1S/C12H17BrFN/c1-3-6-12(2,15)8-9-4-5-10(13)7-11(9)14/h4-5,7H,3,6,8,15H2,1-2H3. The molecule has 1 aromatic rings. The Balaban J connectivity index is 2.80. The molecule has 0 fully saturated rings. The van der Waals surface area contributed by atoms with Crippen LogP contribution >= 0.6 is 15.9 Å². The third-order valence-corrected chi connectivity index (χ3v) is 2.92. The van der Waals surface area contributed by atoms with Gasteiger partial charge in [-0.15, -0.1) is 0 Å². The molecule has 0 spiro atoms. The molecule has 15 heavy (non-hydrogen) atoms. The van der Waals surface area contributed by atoms with Crippen LogP contribution in [0.1, 0.15) is 32.3 Å². The third-order valence-electron chi connectivity index (χ3n) is 2.43. The summed E-state index contributed by atoms with van der Waals surface area (Å²) in [6, 6.07) is 5.12. The van der Waals surface area contributed by atoms with Crippen molar-refractivity contribution >= 4 is 15.9 Å². The predicted molar refractivity (Wildman–Crippen MR) is 65.3 cm³/mol. The Kier molecular flexibility index (Phi) is 4.29. The number of hydrogen-bond acceptors (Lipinski definition) is 1. The summed E-state index contributed by atoms with van der Waals surface area (Å²) in [6.07, 6.45) is 2.51. The highest BCUT2D eigenvalue weighted by Gasteiger charge is 2.19. The van der Waals surface area contributed by atoms with Crippen molar-refractivity contribution in [3.8, 4) is 0 Å². The molecule has 0 aliphatic rings. The first-order valence-electron chi connectivity index (χ1n) is 5.17. The lowest BCUT2D eigenvalue weighted by molar-refractivity contribution is 0.416. The maximum Gasteiger partial charge on any atom is 0.127 e. The smallest absolute Gasteiger partial charge is 0.127 e. The fourth-order valence-electron chi connectivity index (χ4n) is 1.76. The number of halogens is 2. The van der Waals surface area contributed by atoms with E-state index in [1.807, 2.05) is 13.0 Å². The number of hydrogen-bond donors (Lipinski definition) is 1. The summed E-state index contributed by atoms with van der Waals surface area (Å²) in [4.78, 5) is 0. The summed E-state index contributed by atoms with van der Waals surface area (Å²) in [6.45, 7) is 4.06. The van der Waals surface area contributed by atoms with E-state index in [-0.39, 0.29) is 11.4 Å². The van der Waals surface area contributed by atoms with E-state index < -0.39 is 0 Å². The molecule has 0 radical (unpaired) electrons. The van der Waals surface area contributed by atoms with Crippen molar-refractivity contribution in [3.05, 3.63) is 34.1 Å². The monoisotopic (exact) mass is 273 g/mol. The second-order valence-electron chi connectivity index (χ2n) is 4.32. The normalized spacial score (nSPS) is 15.0. The number of rotatable bonds is 4. The van der Waals surface area contributed by atoms with Gasteiger partial charge in [0, 0.05) is 10.0 Å². The second-order valence-corrected chi connectivity index (χ2v) is 5.23. The zero-order chi connectivity index (χ0) is 11.5. The number of nitrogens with two attached hydrogens (primary N) is 1. The summed E-state index contributed by atoms with van der Waals surface area (Å²) in [7, 11) is 0. The molecule has 1 atom stereocenters. The van der Waals surface area contributed by atoms with Crippen LogP contribution in [-0.2, 0) is 6.42 Å². The average molecular weight is 274 g/mol. The molecule has 0 bridgehead atoms. The third kappa shape index (κ3) is 3.92. The van der Waals surface area contributed by atoms with Gasteiger partial charge in [-0.2, -0.15) is 0 Å². The molecular weight excluding hydrogens is 257 g/mol. The fraction of sp³-hybridized carbons (Fsp3) is 0.500. The number of benzene rings is 1. The van der Waals surface area contributed by atoms with Crippen LogP contribution < -0.4 is 5.73 Å². The molecule has 84 valence electrons. The zero-order valence-corrected chi connectivity index (χ0v) is 10.8. The van der Waals surface area contributed by atoms with Crippen molar-refractivity contribution in [2.75, 3.05) is 0 Å². The summed E-state index contributed by atoms with van der Waals surface area (Å²) in [5, 5.41) is 0. The Morgan fingerprint density at radius 2 is 2.13 bits per heavy atom. The SMILES string of the molecule is CCCC(C)(N)Cc1ccc(Br)cc1F. The van der Waals surface area contributed by atoms with Gasteiger partial charge in [0.1, 0.15) is 5.82 Å². The molecule has 0 heterocycles. The minimum atomic E-state index is -0.316. The van der Waals surface area contributed by atoms with E-state index in [0.717, 1.165) is 17.3 Å². The van der Waals surface area contributed by atoms with Crippen molar-refractivity contribution in [1.29, 1.82) is 0 Å². The van der Waals surface area contributed by atoms with Crippen molar-refractivity contribution in [1.82, 2.24) is 0 Å². The summed E-state index contributed by atoms with van der Waals surface area (Å²) >= 11 is 3.24. The van der Waals surface area contributed by atoms with Crippen molar-refractivity contribution in [2.45, 2.75) is 38.6 Å². The molecule has 1 aromatic carbocycles. The van der Waals surface area contributed by atoms with Gasteiger partial charge in [0.2, 0.25) is 0 Å². The molecule has 1 rings (SSSR count). The van der Waals surface area contributed by atoms with E-state index in [4.69, 9.17) is 5.73 Å². The van der Waals surface area contributed by atoms with Crippen molar-refractivity contribution in [2.24, 2.45) is 5.73 Å². The predicted octanol–water partition coefficient (Wildman–Crippen LogP) is 3.65. The molecule has 0 aliphatic heterocycles. The Morgan fingerprint density at radius 1 is 1.47 bits per heavy atom. The maximum atomic E-state index is 13.5. The molecule has 0 amide bonds. The molecular formula is C12H17BrFN. The molecule has 0 aliphatic carbocycles. The summed E-state index contributed by atoms with van der Waals surface area (Å²) < 4.78 is 14.3. The van der Waals surface area contributed by atoms with E-state index in [1.54, 1.807) is 6.07 Å². The molecule has 0 saturated carbocycles. The van der Waals surface area contributed by atoms with E-state index in [1.165, 1.54) is 6.07 Å². The Hall–Kier alpha value is -0.410. The first kappa shape index (κ1) is 12.7. The van der Waals surface area contributed by atoms with Gasteiger partial charge in [-0.3, -0.25) is 0 Å². The van der Waals surface area contributed by atoms with Gasteiger partial charge in [-0.1, -0.05) is 35.3 Å². The van der Waals surface area contributed by atoms with Gasteiger partial charge in [-0.25, -0.2) is 4.39 Å².